The zero-order valence-corrected chi connectivity index (χ0v) is 13.9. The zero-order chi connectivity index (χ0) is 15.1. The zero-order valence-electron chi connectivity index (χ0n) is 12.3. The number of halogens is 1. The lowest BCUT2D eigenvalue weighted by Gasteiger charge is -2.07. The van der Waals surface area contributed by atoms with Gasteiger partial charge < -0.3 is 10.1 Å². The van der Waals surface area contributed by atoms with E-state index in [2.05, 4.69) is 45.3 Å². The van der Waals surface area contributed by atoms with E-state index < -0.39 is 0 Å². The van der Waals surface area contributed by atoms with Crippen LogP contribution in [-0.2, 0) is 13.2 Å². The van der Waals surface area contributed by atoms with Crippen molar-refractivity contribution in [3.05, 3.63) is 52.1 Å². The van der Waals surface area contributed by atoms with Gasteiger partial charge >= 0.3 is 0 Å². The number of ether oxygens (including phenoxy) is 1. The third-order valence-electron chi connectivity index (χ3n) is 2.85. The molecule has 5 heteroatoms. The number of benzene rings is 1. The van der Waals surface area contributed by atoms with Gasteiger partial charge in [-0.2, -0.15) is 5.10 Å². The number of hydrogen-bond donors (Lipinski definition) is 1. The van der Waals surface area contributed by atoms with Crippen molar-refractivity contribution in [3.8, 4) is 5.88 Å². The maximum absolute atomic E-state index is 5.62. The maximum Gasteiger partial charge on any atom is 0.233 e. The van der Waals surface area contributed by atoms with Crippen LogP contribution in [-0.4, -0.2) is 16.7 Å². The van der Waals surface area contributed by atoms with Crippen LogP contribution in [0.15, 0.2) is 40.9 Å². The van der Waals surface area contributed by atoms with Gasteiger partial charge in [-0.05, 0) is 36.2 Å². The second-order valence-corrected chi connectivity index (χ2v) is 6.22. The van der Waals surface area contributed by atoms with E-state index in [-0.39, 0.29) is 0 Å². The van der Waals surface area contributed by atoms with Crippen LogP contribution in [0.3, 0.4) is 0 Å². The molecule has 4 nitrogen and oxygen atoms in total. The van der Waals surface area contributed by atoms with Crippen LogP contribution in [0.5, 0.6) is 5.88 Å². The third kappa shape index (κ3) is 5.81. The smallest absolute Gasteiger partial charge is 0.233 e. The summed E-state index contributed by atoms with van der Waals surface area (Å²) in [5.41, 5.74) is 2.02. The molecular formula is C16H20BrN3O. The molecule has 112 valence electrons. The van der Waals surface area contributed by atoms with Gasteiger partial charge in [0.05, 0.1) is 5.69 Å². The molecule has 2 rings (SSSR count). The summed E-state index contributed by atoms with van der Waals surface area (Å²) < 4.78 is 6.68. The van der Waals surface area contributed by atoms with E-state index in [9.17, 15) is 0 Å². The van der Waals surface area contributed by atoms with Crippen molar-refractivity contribution in [3.63, 3.8) is 0 Å². The van der Waals surface area contributed by atoms with E-state index in [0.29, 0.717) is 18.4 Å². The molecule has 0 aliphatic heterocycles. The van der Waals surface area contributed by atoms with E-state index in [0.717, 1.165) is 28.8 Å². The number of nitrogens with zero attached hydrogens (tertiary/aromatic N) is 2. The lowest BCUT2D eigenvalue weighted by atomic mass is 10.2. The van der Waals surface area contributed by atoms with Crippen molar-refractivity contribution in [2.45, 2.75) is 27.0 Å². The van der Waals surface area contributed by atoms with E-state index >= 15 is 0 Å². The van der Waals surface area contributed by atoms with Gasteiger partial charge in [0.1, 0.15) is 6.61 Å². The van der Waals surface area contributed by atoms with Gasteiger partial charge in [0.15, 0.2) is 0 Å². The molecule has 0 aliphatic carbocycles. The molecule has 0 saturated heterocycles. The molecular weight excluding hydrogens is 330 g/mol. The predicted octanol–water partition coefficient (Wildman–Crippen LogP) is 3.56. The van der Waals surface area contributed by atoms with Crippen molar-refractivity contribution in [1.82, 2.24) is 15.5 Å². The fourth-order valence-corrected chi connectivity index (χ4v) is 2.01. The molecule has 0 unspecified atom stereocenters. The summed E-state index contributed by atoms with van der Waals surface area (Å²) in [6, 6.07) is 11.8. The van der Waals surface area contributed by atoms with Crippen LogP contribution >= 0.6 is 15.9 Å². The van der Waals surface area contributed by atoms with Crippen LogP contribution in [0.4, 0.5) is 0 Å². The lowest BCUT2D eigenvalue weighted by molar-refractivity contribution is 0.289. The van der Waals surface area contributed by atoms with Gasteiger partial charge in [-0.3, -0.25) is 0 Å². The summed E-state index contributed by atoms with van der Waals surface area (Å²) >= 11 is 3.41. The Hall–Kier alpha value is -1.46. The number of aromatic nitrogens is 2. The molecule has 0 saturated carbocycles. The molecule has 0 bridgehead atoms. The van der Waals surface area contributed by atoms with E-state index in [4.69, 9.17) is 4.74 Å². The molecule has 0 amide bonds. The number of rotatable bonds is 7. The van der Waals surface area contributed by atoms with Gasteiger partial charge in [0.2, 0.25) is 5.88 Å². The van der Waals surface area contributed by atoms with Gasteiger partial charge in [0.25, 0.3) is 0 Å². The predicted molar refractivity (Wildman–Crippen MR) is 87.1 cm³/mol. The van der Waals surface area contributed by atoms with Gasteiger partial charge in [-0.1, -0.05) is 41.9 Å². The molecule has 1 N–H and O–H groups in total. The highest BCUT2D eigenvalue weighted by Gasteiger charge is 2.01. The Balaban J connectivity index is 1.80. The standard InChI is InChI=1S/C16H20BrN3O/c1-12(2)9-18-10-15-7-8-16(20-19-15)21-11-13-3-5-14(17)6-4-13/h3-8,12,18H,9-11H2,1-2H3. The van der Waals surface area contributed by atoms with Crippen LogP contribution in [0, 0.1) is 5.92 Å². The third-order valence-corrected chi connectivity index (χ3v) is 3.38. The van der Waals surface area contributed by atoms with Crippen LogP contribution < -0.4 is 10.1 Å². The van der Waals surface area contributed by atoms with E-state index in [1.54, 1.807) is 0 Å². The van der Waals surface area contributed by atoms with Crippen molar-refractivity contribution < 1.29 is 4.74 Å². The van der Waals surface area contributed by atoms with Crippen LogP contribution in [0.1, 0.15) is 25.1 Å². The fraction of sp³-hybridized carbons (Fsp3) is 0.375. The Kier molecular flexibility index (Phi) is 6.14. The molecule has 0 fully saturated rings. The monoisotopic (exact) mass is 349 g/mol. The first kappa shape index (κ1) is 15.9. The van der Waals surface area contributed by atoms with Crippen molar-refractivity contribution in [1.29, 1.82) is 0 Å². The molecule has 1 heterocycles. The largest absolute Gasteiger partial charge is 0.472 e. The summed E-state index contributed by atoms with van der Waals surface area (Å²) in [5.74, 6) is 1.18. The van der Waals surface area contributed by atoms with Crippen molar-refractivity contribution >= 4 is 15.9 Å². The number of nitrogens with one attached hydrogen (secondary N) is 1. The molecule has 0 spiro atoms. The summed E-state index contributed by atoms with van der Waals surface area (Å²) in [6.07, 6.45) is 0. The lowest BCUT2D eigenvalue weighted by Crippen LogP contribution is -2.19. The minimum absolute atomic E-state index is 0.493. The Morgan fingerprint density at radius 3 is 2.48 bits per heavy atom. The maximum atomic E-state index is 5.62. The Labute approximate surface area is 134 Å². The van der Waals surface area contributed by atoms with Crippen LogP contribution in [0.2, 0.25) is 0 Å². The first-order chi connectivity index (χ1) is 10.1. The van der Waals surface area contributed by atoms with Gasteiger partial charge in [-0.25, -0.2) is 0 Å². The Morgan fingerprint density at radius 1 is 1.10 bits per heavy atom. The Morgan fingerprint density at radius 2 is 1.86 bits per heavy atom. The van der Waals surface area contributed by atoms with Gasteiger partial charge in [-0.15, -0.1) is 5.10 Å². The molecule has 0 radical (unpaired) electrons. The molecule has 1 aromatic heterocycles. The van der Waals surface area contributed by atoms with E-state index in [1.165, 1.54) is 0 Å². The van der Waals surface area contributed by atoms with E-state index in [1.807, 2.05) is 36.4 Å². The van der Waals surface area contributed by atoms with Crippen LogP contribution in [0.25, 0.3) is 0 Å². The first-order valence-electron chi connectivity index (χ1n) is 7.04. The highest BCUT2D eigenvalue weighted by molar-refractivity contribution is 9.10. The van der Waals surface area contributed by atoms with Crippen molar-refractivity contribution in [2.75, 3.05) is 6.54 Å². The van der Waals surface area contributed by atoms with Crippen molar-refractivity contribution in [2.24, 2.45) is 5.92 Å². The highest BCUT2D eigenvalue weighted by Crippen LogP contribution is 2.13. The highest BCUT2D eigenvalue weighted by atomic mass is 79.9. The average Bonchev–Trinajstić information content (AvgIpc) is 2.48. The molecule has 21 heavy (non-hydrogen) atoms. The summed E-state index contributed by atoms with van der Waals surface area (Å²) in [6.45, 7) is 6.56. The Bertz CT molecular complexity index is 540. The topological polar surface area (TPSA) is 47.0 Å². The molecule has 1 aromatic carbocycles. The minimum atomic E-state index is 0.493. The SMILES string of the molecule is CC(C)CNCc1ccc(OCc2ccc(Br)cc2)nn1. The second-order valence-electron chi connectivity index (χ2n) is 5.30. The summed E-state index contributed by atoms with van der Waals surface area (Å²) in [5, 5.41) is 11.6. The summed E-state index contributed by atoms with van der Waals surface area (Å²) in [7, 11) is 0. The second kappa shape index (κ2) is 8.10. The number of hydrogen-bond acceptors (Lipinski definition) is 4. The molecule has 0 aliphatic rings. The summed E-state index contributed by atoms with van der Waals surface area (Å²) in [4.78, 5) is 0. The molecule has 2 aromatic rings. The van der Waals surface area contributed by atoms with Gasteiger partial charge in [0, 0.05) is 17.1 Å². The quantitative estimate of drug-likeness (QED) is 0.829. The molecule has 0 atom stereocenters. The first-order valence-corrected chi connectivity index (χ1v) is 7.83. The minimum Gasteiger partial charge on any atom is -0.472 e. The fourth-order valence-electron chi connectivity index (χ4n) is 1.75. The average molecular weight is 350 g/mol. The normalized spacial score (nSPS) is 10.9.